The first-order valence-corrected chi connectivity index (χ1v) is 8.54. The maximum atomic E-state index is 12.1. The van der Waals surface area contributed by atoms with Gasteiger partial charge in [0.25, 0.3) is 0 Å². The van der Waals surface area contributed by atoms with E-state index in [0.717, 1.165) is 17.7 Å². The third kappa shape index (κ3) is 3.80. The van der Waals surface area contributed by atoms with Crippen LogP contribution in [0.5, 0.6) is 0 Å². The van der Waals surface area contributed by atoms with Crippen LogP contribution in [0.2, 0.25) is 0 Å². The fourth-order valence-corrected chi connectivity index (χ4v) is 3.25. The van der Waals surface area contributed by atoms with E-state index in [-0.39, 0.29) is 18.0 Å². The molecule has 1 saturated heterocycles. The van der Waals surface area contributed by atoms with Gasteiger partial charge in [-0.25, -0.2) is 4.79 Å². The van der Waals surface area contributed by atoms with Crippen LogP contribution in [0.25, 0.3) is 0 Å². The highest BCUT2D eigenvalue weighted by atomic mass is 16.2. The normalized spacial score (nSPS) is 25.5. The number of nitrogens with one attached hydrogen (secondary N) is 2. The molecule has 1 aliphatic heterocycles. The van der Waals surface area contributed by atoms with E-state index in [4.69, 9.17) is 0 Å². The van der Waals surface area contributed by atoms with Crippen molar-refractivity contribution in [3.63, 3.8) is 0 Å². The summed E-state index contributed by atoms with van der Waals surface area (Å²) in [5.74, 6) is 0.763. The Labute approximate surface area is 143 Å². The zero-order valence-electron chi connectivity index (χ0n) is 14.6. The van der Waals surface area contributed by atoms with Crippen LogP contribution in [0.1, 0.15) is 25.3 Å². The summed E-state index contributed by atoms with van der Waals surface area (Å²) in [4.78, 5) is 28.1. The molecule has 1 aliphatic carbocycles. The first-order valence-electron chi connectivity index (χ1n) is 8.54. The van der Waals surface area contributed by atoms with Gasteiger partial charge >= 0.3 is 6.03 Å². The quantitative estimate of drug-likeness (QED) is 0.861. The lowest BCUT2D eigenvalue weighted by Gasteiger charge is -2.17. The Balaban J connectivity index is 1.46. The van der Waals surface area contributed by atoms with Crippen LogP contribution in [-0.2, 0) is 11.3 Å². The molecule has 3 rings (SSSR count). The van der Waals surface area contributed by atoms with Gasteiger partial charge in [-0.1, -0.05) is 19.1 Å². The minimum Gasteiger partial charge on any atom is -0.378 e. The number of hydrogen-bond acceptors (Lipinski definition) is 3. The summed E-state index contributed by atoms with van der Waals surface area (Å²) < 4.78 is 0. The van der Waals surface area contributed by atoms with Crippen molar-refractivity contribution in [3.05, 3.63) is 29.8 Å². The standard InChI is InChI=1S/C18H26N4O2/c1-12-7-16(12)22-11-14(9-17(22)23)20-18(24)19-10-13-5-4-6-15(8-13)21(2)3/h4-6,8,12,14,16H,7,9-11H2,1-3H3,(H2,19,20,24)/t12-,14+,16-/m1/s1. The van der Waals surface area contributed by atoms with Gasteiger partial charge in [0.2, 0.25) is 5.91 Å². The van der Waals surface area contributed by atoms with E-state index in [1.807, 2.05) is 42.1 Å². The van der Waals surface area contributed by atoms with Crippen molar-refractivity contribution in [3.8, 4) is 0 Å². The highest BCUT2D eigenvalue weighted by molar-refractivity contribution is 5.82. The molecule has 1 heterocycles. The first-order chi connectivity index (χ1) is 11.4. The molecule has 0 aromatic heterocycles. The van der Waals surface area contributed by atoms with Crippen molar-refractivity contribution in [2.45, 2.75) is 38.4 Å². The Bertz CT molecular complexity index is 631. The van der Waals surface area contributed by atoms with Crippen molar-refractivity contribution >= 4 is 17.6 Å². The Kier molecular flexibility index (Phi) is 4.64. The van der Waals surface area contributed by atoms with E-state index >= 15 is 0 Å². The lowest BCUT2D eigenvalue weighted by atomic mass is 10.2. The van der Waals surface area contributed by atoms with Gasteiger partial charge in [-0.15, -0.1) is 0 Å². The summed E-state index contributed by atoms with van der Waals surface area (Å²) in [7, 11) is 3.98. The van der Waals surface area contributed by atoms with Crippen LogP contribution in [-0.4, -0.2) is 49.6 Å². The molecule has 6 heteroatoms. The molecule has 3 atom stereocenters. The summed E-state index contributed by atoms with van der Waals surface area (Å²) in [6, 6.07) is 8.14. The number of anilines is 1. The molecule has 0 bridgehead atoms. The second kappa shape index (κ2) is 6.71. The third-order valence-corrected chi connectivity index (χ3v) is 4.84. The number of rotatable bonds is 5. The van der Waals surface area contributed by atoms with Gasteiger partial charge in [0.05, 0.1) is 6.04 Å². The van der Waals surface area contributed by atoms with Gasteiger partial charge in [0, 0.05) is 45.3 Å². The Morgan fingerprint density at radius 2 is 2.12 bits per heavy atom. The molecule has 1 saturated carbocycles. The van der Waals surface area contributed by atoms with E-state index in [1.54, 1.807) is 0 Å². The fraction of sp³-hybridized carbons (Fsp3) is 0.556. The minimum atomic E-state index is -0.214. The maximum absolute atomic E-state index is 12.1. The summed E-state index contributed by atoms with van der Waals surface area (Å²) >= 11 is 0. The van der Waals surface area contributed by atoms with E-state index in [9.17, 15) is 9.59 Å². The number of benzene rings is 1. The highest BCUT2D eigenvalue weighted by Crippen LogP contribution is 2.37. The Morgan fingerprint density at radius 1 is 1.38 bits per heavy atom. The number of urea groups is 1. The molecule has 2 N–H and O–H groups in total. The van der Waals surface area contributed by atoms with Crippen molar-refractivity contribution in [2.24, 2.45) is 5.92 Å². The van der Waals surface area contributed by atoms with E-state index < -0.39 is 0 Å². The van der Waals surface area contributed by atoms with Crippen molar-refractivity contribution in [1.29, 1.82) is 0 Å². The fourth-order valence-electron chi connectivity index (χ4n) is 3.25. The van der Waals surface area contributed by atoms with Crippen LogP contribution in [0.4, 0.5) is 10.5 Å². The van der Waals surface area contributed by atoms with Crippen molar-refractivity contribution in [1.82, 2.24) is 15.5 Å². The van der Waals surface area contributed by atoms with Gasteiger partial charge in [-0.3, -0.25) is 4.79 Å². The average Bonchev–Trinajstić information content (AvgIpc) is 3.15. The molecule has 1 aromatic rings. The number of amides is 3. The number of carbonyl (C=O) groups is 2. The van der Waals surface area contributed by atoms with Gasteiger partial charge in [0.1, 0.15) is 0 Å². The van der Waals surface area contributed by atoms with Crippen LogP contribution in [0, 0.1) is 5.92 Å². The van der Waals surface area contributed by atoms with E-state index in [2.05, 4.69) is 23.6 Å². The number of nitrogens with zero attached hydrogens (tertiary/aromatic N) is 2. The lowest BCUT2D eigenvalue weighted by Crippen LogP contribution is -2.43. The Hall–Kier alpha value is -2.24. The van der Waals surface area contributed by atoms with Gasteiger partial charge in [-0.05, 0) is 30.0 Å². The molecule has 6 nitrogen and oxygen atoms in total. The molecule has 0 spiro atoms. The smallest absolute Gasteiger partial charge is 0.315 e. The summed E-state index contributed by atoms with van der Waals surface area (Å²) in [6.45, 7) is 3.27. The number of carbonyl (C=O) groups excluding carboxylic acids is 2. The topological polar surface area (TPSA) is 64.7 Å². The van der Waals surface area contributed by atoms with E-state index in [1.165, 1.54) is 0 Å². The van der Waals surface area contributed by atoms with Gasteiger partial charge in [-0.2, -0.15) is 0 Å². The third-order valence-electron chi connectivity index (χ3n) is 4.84. The highest BCUT2D eigenvalue weighted by Gasteiger charge is 2.44. The first kappa shape index (κ1) is 16.6. The largest absolute Gasteiger partial charge is 0.378 e. The maximum Gasteiger partial charge on any atom is 0.315 e. The molecule has 2 fully saturated rings. The second-order valence-electron chi connectivity index (χ2n) is 7.12. The zero-order valence-corrected chi connectivity index (χ0v) is 14.6. The molecule has 3 amide bonds. The number of hydrogen-bond donors (Lipinski definition) is 2. The molecule has 0 radical (unpaired) electrons. The second-order valence-corrected chi connectivity index (χ2v) is 7.12. The predicted octanol–water partition coefficient (Wildman–Crippen LogP) is 1.56. The molecule has 24 heavy (non-hydrogen) atoms. The summed E-state index contributed by atoms with van der Waals surface area (Å²) in [6.07, 6.45) is 1.50. The van der Waals surface area contributed by atoms with Crippen molar-refractivity contribution in [2.75, 3.05) is 25.5 Å². The molecule has 130 valence electrons. The summed E-state index contributed by atoms with van der Waals surface area (Å²) in [5, 5.41) is 5.80. The molecule has 1 aromatic carbocycles. The van der Waals surface area contributed by atoms with Gasteiger partial charge < -0.3 is 20.4 Å². The van der Waals surface area contributed by atoms with Crippen molar-refractivity contribution < 1.29 is 9.59 Å². The predicted molar refractivity (Wildman–Crippen MR) is 93.8 cm³/mol. The average molecular weight is 330 g/mol. The van der Waals surface area contributed by atoms with Crippen LogP contribution in [0.3, 0.4) is 0 Å². The summed E-state index contributed by atoms with van der Waals surface area (Å²) in [5.41, 5.74) is 2.15. The number of likely N-dealkylation sites (tertiary alicyclic amines) is 1. The van der Waals surface area contributed by atoms with E-state index in [0.29, 0.717) is 31.5 Å². The molecule has 2 aliphatic rings. The lowest BCUT2D eigenvalue weighted by molar-refractivity contribution is -0.128. The monoisotopic (exact) mass is 330 g/mol. The van der Waals surface area contributed by atoms with Gasteiger partial charge in [0.15, 0.2) is 0 Å². The van der Waals surface area contributed by atoms with Crippen LogP contribution >= 0.6 is 0 Å². The zero-order chi connectivity index (χ0) is 17.3. The minimum absolute atomic E-state index is 0.0848. The Morgan fingerprint density at radius 3 is 2.79 bits per heavy atom. The molecular formula is C18H26N4O2. The van der Waals surface area contributed by atoms with Crippen LogP contribution < -0.4 is 15.5 Å². The van der Waals surface area contributed by atoms with Crippen LogP contribution in [0.15, 0.2) is 24.3 Å². The molecular weight excluding hydrogens is 304 g/mol. The molecule has 0 unspecified atom stereocenters. The SMILES string of the molecule is C[C@@H]1C[C@H]1N1C[C@@H](NC(=O)NCc2cccc(N(C)C)c2)CC1=O.